The standard InChI is InChI=1S/C16H28N4O/c1-2-20-9-8-16(11-17,12-20)19-15(21)14(18)10-13-6-4-3-5-7-13/h13-14H,2-10,12,18H2,1H3,(H,19,21). The molecule has 0 aromatic heterocycles. The van der Waals surface area contributed by atoms with Crippen LogP contribution in [-0.2, 0) is 4.79 Å². The molecule has 0 bridgehead atoms. The number of rotatable bonds is 5. The molecule has 2 atom stereocenters. The van der Waals surface area contributed by atoms with E-state index >= 15 is 0 Å². The molecule has 0 aromatic carbocycles. The second-order valence-electron chi connectivity index (χ2n) is 6.65. The molecule has 2 unspecified atom stereocenters. The maximum atomic E-state index is 12.3. The van der Waals surface area contributed by atoms with Gasteiger partial charge in [-0.1, -0.05) is 39.0 Å². The molecule has 2 rings (SSSR count). The molecule has 21 heavy (non-hydrogen) atoms. The number of nitrogens with one attached hydrogen (secondary N) is 1. The predicted octanol–water partition coefficient (Wildman–Crippen LogP) is 1.39. The number of hydrogen-bond acceptors (Lipinski definition) is 4. The number of nitrogens with two attached hydrogens (primary N) is 1. The third-order valence-electron chi connectivity index (χ3n) is 5.02. The largest absolute Gasteiger partial charge is 0.335 e. The molecule has 118 valence electrons. The predicted molar refractivity (Wildman–Crippen MR) is 82.4 cm³/mol. The van der Waals surface area contributed by atoms with Gasteiger partial charge in [0.2, 0.25) is 5.91 Å². The minimum absolute atomic E-state index is 0.153. The van der Waals surface area contributed by atoms with Crippen LogP contribution < -0.4 is 11.1 Å². The first kappa shape index (κ1) is 16.3. The number of likely N-dealkylation sites (N-methyl/N-ethyl adjacent to an activating group) is 1. The Kier molecular flexibility index (Phi) is 5.60. The molecule has 5 nitrogen and oxygen atoms in total. The van der Waals surface area contributed by atoms with Crippen LogP contribution in [0.3, 0.4) is 0 Å². The van der Waals surface area contributed by atoms with E-state index in [9.17, 15) is 10.1 Å². The van der Waals surface area contributed by atoms with E-state index in [1.54, 1.807) is 0 Å². The van der Waals surface area contributed by atoms with Gasteiger partial charge >= 0.3 is 0 Å². The Labute approximate surface area is 127 Å². The van der Waals surface area contributed by atoms with Crippen molar-refractivity contribution in [2.45, 2.75) is 63.5 Å². The summed E-state index contributed by atoms with van der Waals surface area (Å²) in [5.41, 5.74) is 5.33. The Balaban J connectivity index is 1.86. The highest BCUT2D eigenvalue weighted by atomic mass is 16.2. The highest BCUT2D eigenvalue weighted by molar-refractivity contribution is 5.82. The Hall–Kier alpha value is -1.12. The lowest BCUT2D eigenvalue weighted by Crippen LogP contribution is -2.54. The van der Waals surface area contributed by atoms with Gasteiger partial charge in [0, 0.05) is 13.1 Å². The van der Waals surface area contributed by atoms with Crippen LogP contribution in [0.15, 0.2) is 0 Å². The van der Waals surface area contributed by atoms with Gasteiger partial charge in [0.1, 0.15) is 5.54 Å². The van der Waals surface area contributed by atoms with E-state index in [4.69, 9.17) is 5.73 Å². The SMILES string of the molecule is CCN1CCC(C#N)(NC(=O)C(N)CC2CCCCC2)C1. The molecule has 1 saturated carbocycles. The van der Waals surface area contributed by atoms with Gasteiger partial charge in [-0.05, 0) is 25.3 Å². The van der Waals surface area contributed by atoms with Crippen LogP contribution in [0.1, 0.15) is 51.9 Å². The molecule has 1 heterocycles. The van der Waals surface area contributed by atoms with Crippen molar-refractivity contribution >= 4 is 5.91 Å². The first-order chi connectivity index (χ1) is 10.1. The van der Waals surface area contributed by atoms with Crippen LogP contribution in [0.25, 0.3) is 0 Å². The molecule has 0 radical (unpaired) electrons. The molecular weight excluding hydrogens is 264 g/mol. The van der Waals surface area contributed by atoms with Crippen LogP contribution >= 0.6 is 0 Å². The lowest BCUT2D eigenvalue weighted by molar-refractivity contribution is -0.124. The Morgan fingerprint density at radius 2 is 2.19 bits per heavy atom. The number of hydrogen-bond donors (Lipinski definition) is 2. The zero-order valence-electron chi connectivity index (χ0n) is 13.1. The number of carbonyl (C=O) groups excluding carboxylic acids is 1. The van der Waals surface area contributed by atoms with Gasteiger partial charge in [-0.3, -0.25) is 4.79 Å². The van der Waals surface area contributed by atoms with E-state index in [-0.39, 0.29) is 5.91 Å². The number of carbonyl (C=O) groups is 1. The maximum Gasteiger partial charge on any atom is 0.238 e. The molecule has 3 N–H and O–H groups in total. The molecule has 5 heteroatoms. The van der Waals surface area contributed by atoms with E-state index in [1.807, 2.05) is 0 Å². The molecular formula is C16H28N4O. The summed E-state index contributed by atoms with van der Waals surface area (Å²) in [6.07, 6.45) is 7.65. The highest BCUT2D eigenvalue weighted by Gasteiger charge is 2.40. The topological polar surface area (TPSA) is 82.2 Å². The zero-order valence-corrected chi connectivity index (χ0v) is 13.1. The summed E-state index contributed by atoms with van der Waals surface area (Å²) in [6, 6.07) is 1.82. The molecule has 1 aliphatic heterocycles. The molecule has 2 fully saturated rings. The monoisotopic (exact) mass is 292 g/mol. The fourth-order valence-electron chi connectivity index (χ4n) is 3.60. The summed E-state index contributed by atoms with van der Waals surface area (Å²) in [5.74, 6) is 0.424. The lowest BCUT2D eigenvalue weighted by atomic mass is 9.84. The van der Waals surface area contributed by atoms with Crippen LogP contribution in [0.4, 0.5) is 0 Å². The number of amides is 1. The van der Waals surface area contributed by atoms with Crippen LogP contribution in [0.2, 0.25) is 0 Å². The van der Waals surface area contributed by atoms with E-state index in [0.29, 0.717) is 18.9 Å². The van der Waals surface area contributed by atoms with Crippen LogP contribution in [0, 0.1) is 17.2 Å². The van der Waals surface area contributed by atoms with Gasteiger partial charge in [-0.25, -0.2) is 0 Å². The van der Waals surface area contributed by atoms with E-state index in [1.165, 1.54) is 32.1 Å². The Bertz CT molecular complexity index is 400. The van der Waals surface area contributed by atoms with E-state index in [0.717, 1.165) is 19.5 Å². The molecule has 1 aliphatic carbocycles. The summed E-state index contributed by atoms with van der Waals surface area (Å²) >= 11 is 0. The second-order valence-corrected chi connectivity index (χ2v) is 6.65. The minimum atomic E-state index is -0.739. The first-order valence-electron chi connectivity index (χ1n) is 8.30. The van der Waals surface area contributed by atoms with Gasteiger partial charge in [-0.2, -0.15) is 5.26 Å². The van der Waals surface area contributed by atoms with Crippen molar-refractivity contribution in [2.24, 2.45) is 11.7 Å². The van der Waals surface area contributed by atoms with E-state index < -0.39 is 11.6 Å². The van der Waals surface area contributed by atoms with Crippen molar-refractivity contribution < 1.29 is 4.79 Å². The molecule has 1 amide bonds. The highest BCUT2D eigenvalue weighted by Crippen LogP contribution is 2.27. The lowest BCUT2D eigenvalue weighted by Gasteiger charge is -2.27. The van der Waals surface area contributed by atoms with Gasteiger partial charge < -0.3 is 16.0 Å². The summed E-state index contributed by atoms with van der Waals surface area (Å²) in [5, 5.41) is 12.4. The fourth-order valence-corrected chi connectivity index (χ4v) is 3.60. The Morgan fingerprint density at radius 1 is 1.48 bits per heavy atom. The van der Waals surface area contributed by atoms with Crippen LogP contribution in [-0.4, -0.2) is 42.0 Å². The third-order valence-corrected chi connectivity index (χ3v) is 5.02. The average Bonchev–Trinajstić information content (AvgIpc) is 2.92. The summed E-state index contributed by atoms with van der Waals surface area (Å²) in [6.45, 7) is 4.46. The number of nitrogens with zero attached hydrogens (tertiary/aromatic N) is 2. The summed E-state index contributed by atoms with van der Waals surface area (Å²) < 4.78 is 0. The Morgan fingerprint density at radius 3 is 2.76 bits per heavy atom. The van der Waals surface area contributed by atoms with Crippen molar-refractivity contribution in [3.05, 3.63) is 0 Å². The van der Waals surface area contributed by atoms with E-state index in [2.05, 4.69) is 23.2 Å². The molecule has 0 spiro atoms. The maximum absolute atomic E-state index is 12.3. The van der Waals surface area contributed by atoms with Gasteiger partial charge in [0.05, 0.1) is 12.1 Å². The molecule has 2 aliphatic rings. The first-order valence-corrected chi connectivity index (χ1v) is 8.30. The number of nitriles is 1. The average molecular weight is 292 g/mol. The van der Waals surface area contributed by atoms with Crippen molar-refractivity contribution in [3.63, 3.8) is 0 Å². The third kappa shape index (κ3) is 4.18. The second kappa shape index (κ2) is 7.24. The van der Waals surface area contributed by atoms with Crippen LogP contribution in [0.5, 0.6) is 0 Å². The van der Waals surface area contributed by atoms with Gasteiger partial charge in [0.25, 0.3) is 0 Å². The van der Waals surface area contributed by atoms with Crippen molar-refractivity contribution in [2.75, 3.05) is 19.6 Å². The number of likely N-dealkylation sites (tertiary alicyclic amines) is 1. The zero-order chi connectivity index (χ0) is 15.3. The smallest absolute Gasteiger partial charge is 0.238 e. The van der Waals surface area contributed by atoms with Crippen molar-refractivity contribution in [1.82, 2.24) is 10.2 Å². The van der Waals surface area contributed by atoms with Crippen molar-refractivity contribution in [1.29, 1.82) is 5.26 Å². The van der Waals surface area contributed by atoms with Gasteiger partial charge in [-0.15, -0.1) is 0 Å². The fraction of sp³-hybridized carbons (Fsp3) is 0.875. The summed E-state index contributed by atoms with van der Waals surface area (Å²) in [7, 11) is 0. The molecule has 1 saturated heterocycles. The quantitative estimate of drug-likeness (QED) is 0.802. The molecule has 0 aromatic rings. The minimum Gasteiger partial charge on any atom is -0.335 e. The van der Waals surface area contributed by atoms with Gasteiger partial charge in [0.15, 0.2) is 0 Å². The normalized spacial score (nSPS) is 29.0. The summed E-state index contributed by atoms with van der Waals surface area (Å²) in [4.78, 5) is 14.5. The van der Waals surface area contributed by atoms with Crippen molar-refractivity contribution in [3.8, 4) is 6.07 Å².